The number of aromatic nitrogens is 1. The Hall–Kier alpha value is -2.81. The van der Waals surface area contributed by atoms with Crippen LogP contribution < -0.4 is 5.32 Å². The van der Waals surface area contributed by atoms with E-state index in [4.69, 9.17) is 5.11 Å². The maximum Gasteiger partial charge on any atom is 0.326 e. The third-order valence-corrected chi connectivity index (χ3v) is 4.17. The Morgan fingerprint density at radius 1 is 1.29 bits per heavy atom. The zero-order chi connectivity index (χ0) is 17.9. The summed E-state index contributed by atoms with van der Waals surface area (Å²) in [4.78, 5) is 37.6. The van der Waals surface area contributed by atoms with E-state index in [0.717, 1.165) is 0 Å². The van der Waals surface area contributed by atoms with Crippen LogP contribution in [0.2, 0.25) is 0 Å². The first kappa shape index (κ1) is 17.5. The lowest BCUT2D eigenvalue weighted by molar-refractivity contribution is -0.384. The van der Waals surface area contributed by atoms with Gasteiger partial charge in [0.1, 0.15) is 16.7 Å². The second-order valence-electron chi connectivity index (χ2n) is 5.38. The van der Waals surface area contributed by atoms with Gasteiger partial charge in [-0.2, -0.15) is 0 Å². The van der Waals surface area contributed by atoms with Crippen LogP contribution in [0.3, 0.4) is 0 Å². The molecule has 2 aromatic rings. The van der Waals surface area contributed by atoms with Gasteiger partial charge < -0.3 is 10.4 Å². The van der Waals surface area contributed by atoms with Crippen molar-refractivity contribution in [1.82, 2.24) is 10.3 Å². The second kappa shape index (κ2) is 7.18. The van der Waals surface area contributed by atoms with E-state index < -0.39 is 22.8 Å². The first-order chi connectivity index (χ1) is 11.3. The highest BCUT2D eigenvalue weighted by Crippen LogP contribution is 2.25. The van der Waals surface area contributed by atoms with Gasteiger partial charge in [0, 0.05) is 23.1 Å². The lowest BCUT2D eigenvalue weighted by Gasteiger charge is -2.16. The SMILES string of the molecule is CC(C)C(NC(=O)c1csc(-c2ccc([N+](=O)[O-])cc2)n1)C(=O)O. The Morgan fingerprint density at radius 3 is 2.42 bits per heavy atom. The quantitative estimate of drug-likeness (QED) is 0.610. The van der Waals surface area contributed by atoms with Gasteiger partial charge in [-0.1, -0.05) is 13.8 Å². The van der Waals surface area contributed by atoms with Crippen molar-refractivity contribution in [3.63, 3.8) is 0 Å². The smallest absolute Gasteiger partial charge is 0.326 e. The number of carbonyl (C=O) groups is 2. The fourth-order valence-electron chi connectivity index (χ4n) is 1.97. The number of nitro groups is 1. The number of carboxylic acid groups (broad SMARTS) is 1. The minimum Gasteiger partial charge on any atom is -0.480 e. The number of benzene rings is 1. The summed E-state index contributed by atoms with van der Waals surface area (Å²) in [5.41, 5.74) is 0.720. The molecule has 0 aliphatic carbocycles. The Morgan fingerprint density at radius 2 is 1.92 bits per heavy atom. The fourth-order valence-corrected chi connectivity index (χ4v) is 2.77. The molecule has 0 aliphatic heterocycles. The van der Waals surface area contributed by atoms with Gasteiger partial charge in [-0.25, -0.2) is 9.78 Å². The molecule has 1 aromatic heterocycles. The largest absolute Gasteiger partial charge is 0.480 e. The minimum atomic E-state index is -1.11. The van der Waals surface area contributed by atoms with E-state index in [1.165, 1.54) is 28.8 Å². The van der Waals surface area contributed by atoms with E-state index in [-0.39, 0.29) is 17.3 Å². The molecule has 24 heavy (non-hydrogen) atoms. The summed E-state index contributed by atoms with van der Waals surface area (Å²) in [5, 5.41) is 24.2. The number of thiazole rings is 1. The first-order valence-corrected chi connectivity index (χ1v) is 7.91. The van der Waals surface area contributed by atoms with Crippen molar-refractivity contribution in [2.24, 2.45) is 5.92 Å². The molecule has 8 nitrogen and oxygen atoms in total. The predicted octanol–water partition coefficient (Wildman–Crippen LogP) is 2.56. The van der Waals surface area contributed by atoms with Gasteiger partial charge in [-0.05, 0) is 18.1 Å². The van der Waals surface area contributed by atoms with Crippen LogP contribution in [0.15, 0.2) is 29.6 Å². The zero-order valence-corrected chi connectivity index (χ0v) is 13.7. The monoisotopic (exact) mass is 349 g/mol. The number of carboxylic acids is 1. The van der Waals surface area contributed by atoms with Gasteiger partial charge in [0.15, 0.2) is 0 Å². The van der Waals surface area contributed by atoms with E-state index in [0.29, 0.717) is 10.6 Å². The van der Waals surface area contributed by atoms with E-state index in [1.54, 1.807) is 26.0 Å². The Balaban J connectivity index is 2.16. The Bertz CT molecular complexity index is 770. The highest BCUT2D eigenvalue weighted by atomic mass is 32.1. The molecule has 0 saturated heterocycles. The molecule has 2 rings (SSSR count). The third-order valence-electron chi connectivity index (χ3n) is 3.28. The first-order valence-electron chi connectivity index (χ1n) is 7.03. The van der Waals surface area contributed by atoms with Crippen LogP contribution in [0.4, 0.5) is 5.69 Å². The molecule has 126 valence electrons. The van der Waals surface area contributed by atoms with Crippen LogP contribution in [0.25, 0.3) is 10.6 Å². The van der Waals surface area contributed by atoms with E-state index in [1.807, 2.05) is 0 Å². The maximum absolute atomic E-state index is 12.1. The van der Waals surface area contributed by atoms with Gasteiger partial charge >= 0.3 is 5.97 Å². The minimum absolute atomic E-state index is 0.0329. The number of aliphatic carboxylic acids is 1. The molecular formula is C15H15N3O5S. The number of nitrogens with one attached hydrogen (secondary N) is 1. The van der Waals surface area contributed by atoms with Crippen LogP contribution in [0, 0.1) is 16.0 Å². The molecule has 0 aliphatic rings. The molecule has 0 fully saturated rings. The number of non-ortho nitro benzene ring substituents is 1. The number of carbonyl (C=O) groups excluding carboxylic acids is 1. The zero-order valence-electron chi connectivity index (χ0n) is 12.9. The third kappa shape index (κ3) is 3.93. The normalized spacial score (nSPS) is 12.0. The number of nitrogens with zero attached hydrogens (tertiary/aromatic N) is 2. The Labute approximate surface area is 141 Å². The maximum atomic E-state index is 12.1. The highest BCUT2D eigenvalue weighted by Gasteiger charge is 2.25. The van der Waals surface area contributed by atoms with E-state index in [9.17, 15) is 19.7 Å². The summed E-state index contributed by atoms with van der Waals surface area (Å²) < 4.78 is 0. The number of rotatable bonds is 6. The van der Waals surface area contributed by atoms with Crippen molar-refractivity contribution in [1.29, 1.82) is 0 Å². The van der Waals surface area contributed by atoms with Crippen LogP contribution in [0.5, 0.6) is 0 Å². The summed E-state index contributed by atoms with van der Waals surface area (Å²) in [7, 11) is 0. The summed E-state index contributed by atoms with van der Waals surface area (Å²) in [6, 6.07) is 4.81. The van der Waals surface area contributed by atoms with Gasteiger partial charge in [-0.15, -0.1) is 11.3 Å². The van der Waals surface area contributed by atoms with Crippen molar-refractivity contribution < 1.29 is 19.6 Å². The molecule has 0 spiro atoms. The molecule has 2 N–H and O–H groups in total. The van der Waals surface area contributed by atoms with Gasteiger partial charge in [0.2, 0.25) is 0 Å². The van der Waals surface area contributed by atoms with Crippen LogP contribution in [-0.2, 0) is 4.79 Å². The van der Waals surface area contributed by atoms with Crippen LogP contribution >= 0.6 is 11.3 Å². The summed E-state index contributed by atoms with van der Waals surface area (Å²) >= 11 is 1.20. The van der Waals surface area contributed by atoms with Crippen molar-refractivity contribution in [2.45, 2.75) is 19.9 Å². The Kier molecular flexibility index (Phi) is 5.24. The molecular weight excluding hydrogens is 334 g/mol. The summed E-state index contributed by atoms with van der Waals surface area (Å²) in [6.45, 7) is 3.39. The van der Waals surface area contributed by atoms with E-state index >= 15 is 0 Å². The van der Waals surface area contributed by atoms with Crippen LogP contribution in [-0.4, -0.2) is 32.9 Å². The molecule has 1 aromatic carbocycles. The fraction of sp³-hybridized carbons (Fsp3) is 0.267. The molecule has 9 heteroatoms. The average molecular weight is 349 g/mol. The van der Waals surface area contributed by atoms with Crippen molar-refractivity contribution in [3.05, 3.63) is 45.5 Å². The number of hydrogen-bond acceptors (Lipinski definition) is 6. The number of nitro benzene ring substituents is 1. The van der Waals surface area contributed by atoms with Gasteiger partial charge in [0.25, 0.3) is 11.6 Å². The molecule has 0 radical (unpaired) electrons. The summed E-state index contributed by atoms with van der Waals surface area (Å²) in [5.74, 6) is -1.94. The number of amides is 1. The molecule has 1 amide bonds. The average Bonchev–Trinajstić information content (AvgIpc) is 3.01. The van der Waals surface area contributed by atoms with Crippen molar-refractivity contribution in [3.8, 4) is 10.6 Å². The molecule has 1 unspecified atom stereocenters. The van der Waals surface area contributed by atoms with Crippen molar-refractivity contribution in [2.75, 3.05) is 0 Å². The molecule has 0 saturated carbocycles. The summed E-state index contributed by atoms with van der Waals surface area (Å²) in [6.07, 6.45) is 0. The topological polar surface area (TPSA) is 122 Å². The van der Waals surface area contributed by atoms with Crippen LogP contribution in [0.1, 0.15) is 24.3 Å². The lowest BCUT2D eigenvalue weighted by Crippen LogP contribution is -2.44. The second-order valence-corrected chi connectivity index (χ2v) is 6.23. The molecule has 1 atom stereocenters. The predicted molar refractivity (Wildman–Crippen MR) is 87.9 cm³/mol. The lowest BCUT2D eigenvalue weighted by atomic mass is 10.0. The van der Waals surface area contributed by atoms with Gasteiger partial charge in [0.05, 0.1) is 4.92 Å². The highest BCUT2D eigenvalue weighted by molar-refractivity contribution is 7.13. The molecule has 1 heterocycles. The molecule has 0 bridgehead atoms. The van der Waals surface area contributed by atoms with E-state index in [2.05, 4.69) is 10.3 Å². The number of hydrogen-bond donors (Lipinski definition) is 2. The standard InChI is InChI=1S/C15H15N3O5S/c1-8(2)12(15(20)21)17-13(19)11-7-24-14(16-11)9-3-5-10(6-4-9)18(22)23/h3-8,12H,1-2H3,(H,17,19)(H,20,21). The van der Waals surface area contributed by atoms with Crippen molar-refractivity contribution >= 4 is 28.9 Å². The van der Waals surface area contributed by atoms with Gasteiger partial charge in [-0.3, -0.25) is 14.9 Å².